The van der Waals surface area contributed by atoms with Crippen LogP contribution in [0.5, 0.6) is 11.5 Å². The smallest absolute Gasteiger partial charge is 0.221 e. The molecule has 2 aromatic rings. The third-order valence-electron chi connectivity index (χ3n) is 4.77. The lowest BCUT2D eigenvalue weighted by atomic mass is 10.1. The zero-order valence-corrected chi connectivity index (χ0v) is 14.5. The molecule has 1 aliphatic heterocycles. The molecule has 1 unspecified atom stereocenters. The van der Waals surface area contributed by atoms with Crippen molar-refractivity contribution in [3.8, 4) is 11.5 Å². The Bertz CT molecular complexity index is 832. The number of anilines is 2. The van der Waals surface area contributed by atoms with Crippen molar-refractivity contribution in [2.24, 2.45) is 0 Å². The lowest BCUT2D eigenvalue weighted by Crippen LogP contribution is -2.16. The van der Waals surface area contributed by atoms with Crippen LogP contribution in [0.1, 0.15) is 36.1 Å². The first kappa shape index (κ1) is 15.8. The van der Waals surface area contributed by atoms with Crippen LogP contribution in [0.15, 0.2) is 30.3 Å². The van der Waals surface area contributed by atoms with Gasteiger partial charge in [0, 0.05) is 18.3 Å². The van der Waals surface area contributed by atoms with E-state index in [1.807, 2.05) is 19.1 Å². The van der Waals surface area contributed by atoms with Crippen LogP contribution in [0.3, 0.4) is 0 Å². The number of aryl methyl sites for hydroxylation is 2. The fraction of sp³-hybridized carbons (Fsp3) is 0.350. The Morgan fingerprint density at radius 3 is 2.64 bits per heavy atom. The number of fused-ring (bicyclic) bond motifs is 2. The van der Waals surface area contributed by atoms with Crippen LogP contribution in [-0.4, -0.2) is 19.1 Å². The summed E-state index contributed by atoms with van der Waals surface area (Å²) in [6, 6.07) is 10.5. The van der Waals surface area contributed by atoms with Crippen molar-refractivity contribution in [2.75, 3.05) is 23.8 Å². The van der Waals surface area contributed by atoms with Gasteiger partial charge in [0.25, 0.3) is 0 Å². The van der Waals surface area contributed by atoms with E-state index in [-0.39, 0.29) is 11.9 Å². The summed E-state index contributed by atoms with van der Waals surface area (Å²) in [6.07, 6.45) is 2.05. The maximum Gasteiger partial charge on any atom is 0.221 e. The summed E-state index contributed by atoms with van der Waals surface area (Å²) < 4.78 is 11.4. The van der Waals surface area contributed by atoms with Gasteiger partial charge in [0.2, 0.25) is 5.91 Å². The number of amides is 1. The van der Waals surface area contributed by atoms with E-state index in [4.69, 9.17) is 9.47 Å². The van der Waals surface area contributed by atoms with Crippen LogP contribution in [-0.2, 0) is 11.2 Å². The van der Waals surface area contributed by atoms with Gasteiger partial charge < -0.3 is 20.1 Å². The molecule has 2 aromatic carbocycles. The van der Waals surface area contributed by atoms with Gasteiger partial charge in [-0.2, -0.15) is 0 Å². The van der Waals surface area contributed by atoms with Crippen LogP contribution in [0.4, 0.5) is 11.4 Å². The Morgan fingerprint density at radius 1 is 1.12 bits per heavy atom. The molecule has 2 aliphatic rings. The van der Waals surface area contributed by atoms with Gasteiger partial charge in [-0.05, 0) is 60.7 Å². The largest absolute Gasteiger partial charge is 0.486 e. The molecule has 1 aliphatic carbocycles. The highest BCUT2D eigenvalue weighted by molar-refractivity contribution is 5.90. The number of hydrogen-bond donors (Lipinski definition) is 2. The first-order valence-electron chi connectivity index (χ1n) is 8.67. The zero-order chi connectivity index (χ0) is 17.4. The highest BCUT2D eigenvalue weighted by Crippen LogP contribution is 2.42. The van der Waals surface area contributed by atoms with Crippen molar-refractivity contribution in [1.82, 2.24) is 0 Å². The fourth-order valence-corrected chi connectivity index (χ4v) is 3.53. The highest BCUT2D eigenvalue weighted by atomic mass is 16.6. The molecule has 4 rings (SSSR count). The van der Waals surface area contributed by atoms with Gasteiger partial charge in [-0.1, -0.05) is 6.07 Å². The predicted octanol–water partition coefficient (Wildman–Crippen LogP) is 3.82. The van der Waals surface area contributed by atoms with E-state index in [1.165, 1.54) is 18.1 Å². The summed E-state index contributed by atoms with van der Waals surface area (Å²) in [5.41, 5.74) is 5.48. The highest BCUT2D eigenvalue weighted by Gasteiger charge is 2.26. The van der Waals surface area contributed by atoms with Crippen molar-refractivity contribution < 1.29 is 14.3 Å². The van der Waals surface area contributed by atoms with Gasteiger partial charge in [0.15, 0.2) is 11.5 Å². The minimum atomic E-state index is -0.0600. The number of benzene rings is 2. The Balaban J connectivity index is 1.58. The summed E-state index contributed by atoms with van der Waals surface area (Å²) in [6.45, 7) is 4.73. The maximum absolute atomic E-state index is 11.4. The Morgan fingerprint density at radius 2 is 1.88 bits per heavy atom. The molecule has 25 heavy (non-hydrogen) atoms. The molecule has 1 amide bonds. The molecule has 5 nitrogen and oxygen atoms in total. The Kier molecular flexibility index (Phi) is 3.99. The van der Waals surface area contributed by atoms with Gasteiger partial charge >= 0.3 is 0 Å². The number of carbonyl (C=O) groups excluding carboxylic acids is 1. The minimum absolute atomic E-state index is 0.0600. The fourth-order valence-electron chi connectivity index (χ4n) is 3.53. The van der Waals surface area contributed by atoms with E-state index < -0.39 is 0 Å². The van der Waals surface area contributed by atoms with Gasteiger partial charge in [-0.3, -0.25) is 4.79 Å². The van der Waals surface area contributed by atoms with Crippen LogP contribution >= 0.6 is 0 Å². The Labute approximate surface area is 147 Å². The molecule has 0 saturated heterocycles. The van der Waals surface area contributed by atoms with Gasteiger partial charge in [-0.25, -0.2) is 0 Å². The van der Waals surface area contributed by atoms with Crippen molar-refractivity contribution in [3.05, 3.63) is 47.0 Å². The van der Waals surface area contributed by atoms with Crippen molar-refractivity contribution in [1.29, 1.82) is 0 Å². The molecule has 0 spiro atoms. The lowest BCUT2D eigenvalue weighted by molar-refractivity contribution is -0.114. The average molecular weight is 338 g/mol. The second kappa shape index (κ2) is 6.31. The van der Waals surface area contributed by atoms with Gasteiger partial charge in [0.05, 0.1) is 6.04 Å². The topological polar surface area (TPSA) is 59.6 Å². The van der Waals surface area contributed by atoms with Crippen molar-refractivity contribution in [3.63, 3.8) is 0 Å². The third-order valence-corrected chi connectivity index (χ3v) is 4.77. The molecule has 0 aromatic heterocycles. The van der Waals surface area contributed by atoms with Crippen LogP contribution in [0.2, 0.25) is 0 Å². The van der Waals surface area contributed by atoms with Crippen molar-refractivity contribution in [2.45, 2.75) is 32.7 Å². The second-order valence-corrected chi connectivity index (χ2v) is 6.64. The van der Waals surface area contributed by atoms with Crippen LogP contribution in [0, 0.1) is 6.92 Å². The summed E-state index contributed by atoms with van der Waals surface area (Å²) in [5.74, 6) is 1.63. The number of ether oxygens (including phenoxy) is 2. The second-order valence-electron chi connectivity index (χ2n) is 6.64. The third kappa shape index (κ3) is 3.14. The molecular formula is C20H22N2O3. The monoisotopic (exact) mass is 338 g/mol. The van der Waals surface area contributed by atoms with Crippen molar-refractivity contribution >= 4 is 17.3 Å². The summed E-state index contributed by atoms with van der Waals surface area (Å²) in [7, 11) is 0. The van der Waals surface area contributed by atoms with E-state index in [1.54, 1.807) is 0 Å². The molecule has 2 N–H and O–H groups in total. The molecule has 1 atom stereocenters. The molecule has 0 saturated carbocycles. The molecule has 1 heterocycles. The van der Waals surface area contributed by atoms with Gasteiger partial charge in [-0.15, -0.1) is 0 Å². The molecule has 130 valence electrons. The predicted molar refractivity (Wildman–Crippen MR) is 97.6 cm³/mol. The lowest BCUT2D eigenvalue weighted by Gasteiger charge is -2.22. The zero-order valence-electron chi connectivity index (χ0n) is 14.5. The SMILES string of the molecule is CC(=O)Nc1cc(NC2CCc3cc4c(cc32)OCCO4)ccc1C. The first-order valence-corrected chi connectivity index (χ1v) is 8.67. The standard InChI is InChI=1S/C20H22N2O3/c1-12-3-5-15(10-18(12)21-13(2)23)22-17-6-4-14-9-19-20(11-16(14)17)25-8-7-24-19/h3,5,9-11,17,22H,4,6-8H2,1-2H3,(H,21,23). The first-order chi connectivity index (χ1) is 12.1. The minimum Gasteiger partial charge on any atom is -0.486 e. The van der Waals surface area contributed by atoms with Gasteiger partial charge in [0.1, 0.15) is 13.2 Å². The maximum atomic E-state index is 11.4. The van der Waals surface area contributed by atoms with E-state index in [0.717, 1.165) is 41.3 Å². The quantitative estimate of drug-likeness (QED) is 0.893. The number of nitrogens with one attached hydrogen (secondary N) is 2. The molecule has 5 heteroatoms. The van der Waals surface area contributed by atoms with E-state index in [0.29, 0.717) is 13.2 Å². The molecule has 0 bridgehead atoms. The summed E-state index contributed by atoms with van der Waals surface area (Å²) in [4.78, 5) is 11.4. The normalized spacial score (nSPS) is 17.8. The molecular weight excluding hydrogens is 316 g/mol. The number of rotatable bonds is 3. The summed E-state index contributed by atoms with van der Waals surface area (Å²) >= 11 is 0. The average Bonchev–Trinajstić information content (AvgIpc) is 2.97. The summed E-state index contributed by atoms with van der Waals surface area (Å²) in [5, 5.41) is 6.48. The number of hydrogen-bond acceptors (Lipinski definition) is 4. The molecule has 0 radical (unpaired) electrons. The van der Waals surface area contributed by atoms with Crippen LogP contribution < -0.4 is 20.1 Å². The number of carbonyl (C=O) groups is 1. The Hall–Kier alpha value is -2.69. The van der Waals surface area contributed by atoms with Crippen LogP contribution in [0.25, 0.3) is 0 Å². The van der Waals surface area contributed by atoms with E-state index >= 15 is 0 Å². The van der Waals surface area contributed by atoms with E-state index in [2.05, 4.69) is 28.8 Å². The van der Waals surface area contributed by atoms with E-state index in [9.17, 15) is 4.79 Å². The molecule has 0 fully saturated rings.